The third-order valence-corrected chi connectivity index (χ3v) is 14.6. The van der Waals surface area contributed by atoms with Crippen LogP contribution in [0.5, 0.6) is 0 Å². The summed E-state index contributed by atoms with van der Waals surface area (Å²) in [5, 5.41) is 0. The van der Waals surface area contributed by atoms with Crippen LogP contribution in [0.2, 0.25) is 0 Å². The third-order valence-electron chi connectivity index (χ3n) is 14.6. The van der Waals surface area contributed by atoms with Crippen molar-refractivity contribution < 1.29 is 4.74 Å². The molecule has 5 aliphatic rings. The molecule has 2 spiro atoms. The van der Waals surface area contributed by atoms with Crippen molar-refractivity contribution >= 4 is 17.1 Å². The highest BCUT2D eigenvalue weighted by Gasteiger charge is 2.53. The van der Waals surface area contributed by atoms with Crippen LogP contribution < -0.4 is 16.4 Å². The van der Waals surface area contributed by atoms with E-state index in [9.17, 15) is 0 Å². The molecule has 1 aliphatic heterocycles. The summed E-state index contributed by atoms with van der Waals surface area (Å²) in [6, 6.07) is 58.2. The number of hydrogen-bond acceptors (Lipinski definition) is 5. The molecular weight excluding hydrogens is 781 g/mol. The summed E-state index contributed by atoms with van der Waals surface area (Å²) in [6.07, 6.45) is 0. The van der Waals surface area contributed by atoms with Crippen LogP contribution in [0.1, 0.15) is 68.1 Å². The Balaban J connectivity index is 0.000000138. The minimum Gasteiger partial charge on any atom is -0.399 e. The molecule has 1 heterocycles. The maximum absolute atomic E-state index is 6.26. The molecule has 4 aliphatic carbocycles. The number of benzene rings is 8. The molecule has 0 aromatic heterocycles. The van der Waals surface area contributed by atoms with Gasteiger partial charge in [0.2, 0.25) is 0 Å². The average Bonchev–Trinajstić information content (AvgIpc) is 3.96. The third kappa shape index (κ3) is 5.38. The first kappa shape index (κ1) is 39.9. The monoisotopic (exact) mass is 834 g/mol. The topological polar surface area (TPSA) is 67.8 Å². The molecule has 0 saturated carbocycles. The average molecular weight is 835 g/mol. The molecule has 5 heteroatoms. The van der Waals surface area contributed by atoms with Crippen LogP contribution in [0.4, 0.5) is 17.1 Å². The number of nitrogens with two attached hydrogens (primary N) is 2. The van der Waals surface area contributed by atoms with Crippen molar-refractivity contribution in [1.82, 2.24) is 4.90 Å². The van der Waals surface area contributed by atoms with Crippen molar-refractivity contribution in [2.45, 2.75) is 38.1 Å². The van der Waals surface area contributed by atoms with E-state index in [-0.39, 0.29) is 10.8 Å². The number of fused-ring (bicyclic) bond motifs is 21. The number of nitrogens with zero attached hydrogens (tertiary/aromatic N) is 2. The summed E-state index contributed by atoms with van der Waals surface area (Å²) in [4.78, 5) is 4.94. The minimum atomic E-state index is -0.359. The molecular formula is C59H54N4O. The SMILES string of the molecule is CCN1CN(C)Cc2cc3c(cc21)C1(c2ccccc2-c2cc(C)c(C)cc21)c1ccccc1-3.COC.Nc1ccc2c(c1)C1(c3ccccc3-2)c2ccccc2-c2ccc(N)cc21. The molecule has 8 aromatic carbocycles. The normalized spacial score (nSPS) is 16.8. The van der Waals surface area contributed by atoms with Crippen molar-refractivity contribution in [2.24, 2.45) is 0 Å². The molecule has 1 atom stereocenters. The lowest BCUT2D eigenvalue weighted by Gasteiger charge is -2.38. The predicted molar refractivity (Wildman–Crippen MR) is 266 cm³/mol. The summed E-state index contributed by atoms with van der Waals surface area (Å²) >= 11 is 0. The fraction of sp³-hybridized carbons (Fsp3) is 0.186. The van der Waals surface area contributed by atoms with Gasteiger partial charge in [0.1, 0.15) is 0 Å². The molecule has 316 valence electrons. The maximum Gasteiger partial charge on any atom is 0.0727 e. The number of nitrogen functional groups attached to an aromatic ring is 2. The van der Waals surface area contributed by atoms with Gasteiger partial charge < -0.3 is 21.1 Å². The zero-order chi connectivity index (χ0) is 44.1. The molecule has 0 fully saturated rings. The van der Waals surface area contributed by atoms with Gasteiger partial charge in [-0.15, -0.1) is 0 Å². The Kier molecular flexibility index (Phi) is 9.25. The van der Waals surface area contributed by atoms with E-state index in [4.69, 9.17) is 11.5 Å². The minimum absolute atomic E-state index is 0.256. The maximum atomic E-state index is 6.26. The quantitative estimate of drug-likeness (QED) is 0.161. The van der Waals surface area contributed by atoms with Crippen LogP contribution in [0.25, 0.3) is 44.5 Å². The van der Waals surface area contributed by atoms with E-state index in [1.807, 2.05) is 12.1 Å². The van der Waals surface area contributed by atoms with Gasteiger partial charge in [-0.2, -0.15) is 0 Å². The Morgan fingerprint density at radius 1 is 0.469 bits per heavy atom. The van der Waals surface area contributed by atoms with Crippen molar-refractivity contribution in [2.75, 3.05) is 50.8 Å². The largest absolute Gasteiger partial charge is 0.399 e. The Bertz CT molecular complexity index is 3100. The molecule has 0 saturated heterocycles. The van der Waals surface area contributed by atoms with E-state index in [0.29, 0.717) is 0 Å². The van der Waals surface area contributed by atoms with Crippen LogP contribution in [0.15, 0.2) is 158 Å². The van der Waals surface area contributed by atoms with Crippen LogP contribution in [-0.4, -0.2) is 39.4 Å². The molecule has 1 unspecified atom stereocenters. The second-order valence-electron chi connectivity index (χ2n) is 18.2. The zero-order valence-electron chi connectivity index (χ0n) is 37.6. The molecule has 0 amide bonds. The van der Waals surface area contributed by atoms with E-state index in [2.05, 4.69) is 188 Å². The first-order valence-corrected chi connectivity index (χ1v) is 22.5. The van der Waals surface area contributed by atoms with Gasteiger partial charge >= 0.3 is 0 Å². The fourth-order valence-electron chi connectivity index (χ4n) is 12.1. The summed E-state index contributed by atoms with van der Waals surface area (Å²) in [6.45, 7) is 9.77. The molecule has 13 rings (SSSR count). The van der Waals surface area contributed by atoms with Crippen molar-refractivity contribution in [3.8, 4) is 44.5 Å². The number of methoxy groups -OCH3 is 1. The number of rotatable bonds is 1. The highest BCUT2D eigenvalue weighted by molar-refractivity contribution is 5.98. The van der Waals surface area contributed by atoms with Gasteiger partial charge in [-0.1, -0.05) is 121 Å². The zero-order valence-corrected chi connectivity index (χ0v) is 37.6. The number of anilines is 3. The van der Waals surface area contributed by atoms with Crippen molar-refractivity contribution in [1.29, 1.82) is 0 Å². The number of hydrogen-bond donors (Lipinski definition) is 2. The van der Waals surface area contributed by atoms with Gasteiger partial charge in [0, 0.05) is 44.4 Å². The first-order chi connectivity index (χ1) is 31.2. The van der Waals surface area contributed by atoms with E-state index in [1.54, 1.807) is 14.2 Å². The molecule has 0 bridgehead atoms. The van der Waals surface area contributed by atoms with Crippen LogP contribution in [0, 0.1) is 13.8 Å². The van der Waals surface area contributed by atoms with Gasteiger partial charge in [0.25, 0.3) is 0 Å². The van der Waals surface area contributed by atoms with E-state index in [1.165, 1.54) is 111 Å². The van der Waals surface area contributed by atoms with Gasteiger partial charge in [-0.05, 0) is 170 Å². The standard InChI is InChI=1S/C32H30N2.C25H18N2.C2H6O/c1-5-34-19-33(4)18-22-16-26-24-11-7-9-13-28(24)32(30(26)17-31(22)34)27-12-8-6-10-23(27)25-14-20(2)21(3)15-29(25)32;26-15-9-11-19-17-5-1-3-7-21(17)25(23(19)13-15)22-8-4-2-6-18(22)20-12-10-16(27)14-24(20)25;1-3-2/h6-17H,5,18-19H2,1-4H3;1-14H,26-27H2;1-2H3. The summed E-state index contributed by atoms with van der Waals surface area (Å²) in [5.74, 6) is 0. The van der Waals surface area contributed by atoms with E-state index >= 15 is 0 Å². The Hall–Kier alpha value is -6.92. The van der Waals surface area contributed by atoms with Gasteiger partial charge in [-0.25, -0.2) is 0 Å². The number of ether oxygens (including phenoxy) is 1. The molecule has 5 nitrogen and oxygen atoms in total. The first-order valence-electron chi connectivity index (χ1n) is 22.5. The molecule has 8 aromatic rings. The highest BCUT2D eigenvalue weighted by atomic mass is 16.4. The van der Waals surface area contributed by atoms with Gasteiger partial charge in [-0.3, -0.25) is 4.90 Å². The lowest BCUT2D eigenvalue weighted by Crippen LogP contribution is -2.40. The fourth-order valence-corrected chi connectivity index (χ4v) is 12.1. The van der Waals surface area contributed by atoms with Crippen molar-refractivity contribution in [3.63, 3.8) is 0 Å². The second kappa shape index (κ2) is 14.8. The predicted octanol–water partition coefficient (Wildman–Crippen LogP) is 12.3. The smallest absolute Gasteiger partial charge is 0.0727 e. The molecule has 0 radical (unpaired) electrons. The Labute approximate surface area is 377 Å². The number of aryl methyl sites for hydroxylation is 2. The Morgan fingerprint density at radius 3 is 1.31 bits per heavy atom. The van der Waals surface area contributed by atoms with Crippen LogP contribution in [0.3, 0.4) is 0 Å². The van der Waals surface area contributed by atoms with Crippen LogP contribution >= 0.6 is 0 Å². The van der Waals surface area contributed by atoms with Crippen molar-refractivity contribution in [3.05, 3.63) is 219 Å². The molecule has 64 heavy (non-hydrogen) atoms. The Morgan fingerprint density at radius 2 is 0.844 bits per heavy atom. The lowest BCUT2D eigenvalue weighted by molar-refractivity contribution is 0.277. The second-order valence-corrected chi connectivity index (χ2v) is 18.2. The van der Waals surface area contributed by atoms with E-state index in [0.717, 1.165) is 31.1 Å². The van der Waals surface area contributed by atoms with Gasteiger partial charge in [0.05, 0.1) is 17.5 Å². The highest BCUT2D eigenvalue weighted by Crippen LogP contribution is 2.65. The van der Waals surface area contributed by atoms with E-state index < -0.39 is 0 Å². The summed E-state index contributed by atoms with van der Waals surface area (Å²) < 4.78 is 4.25. The van der Waals surface area contributed by atoms with Crippen LogP contribution in [-0.2, 0) is 22.1 Å². The molecule has 4 N–H and O–H groups in total. The lowest BCUT2D eigenvalue weighted by atomic mass is 9.70. The summed E-state index contributed by atoms with van der Waals surface area (Å²) in [7, 11) is 5.48. The summed E-state index contributed by atoms with van der Waals surface area (Å²) in [5.41, 5.74) is 40.6. The van der Waals surface area contributed by atoms with Gasteiger partial charge in [0.15, 0.2) is 0 Å².